The summed E-state index contributed by atoms with van der Waals surface area (Å²) in [5, 5.41) is 8.90. The Hall–Kier alpha value is -1.72. The Balaban J connectivity index is 2.11. The second-order valence-corrected chi connectivity index (χ2v) is 6.20. The molecule has 21 heavy (non-hydrogen) atoms. The summed E-state index contributed by atoms with van der Waals surface area (Å²) >= 11 is 3.45. The normalized spacial score (nSPS) is 11.4. The second-order valence-electron chi connectivity index (χ2n) is 5.29. The molecule has 2 aromatic heterocycles. The van der Waals surface area contributed by atoms with Crippen LogP contribution in [0.2, 0.25) is 0 Å². The minimum Gasteiger partial charge on any atom is -0.309 e. The molecule has 2 heterocycles. The van der Waals surface area contributed by atoms with E-state index in [9.17, 15) is 0 Å². The van der Waals surface area contributed by atoms with Gasteiger partial charge in [0.25, 0.3) is 0 Å². The van der Waals surface area contributed by atoms with Crippen molar-refractivity contribution in [3.8, 4) is 5.69 Å². The quantitative estimate of drug-likeness (QED) is 0.784. The van der Waals surface area contributed by atoms with E-state index in [4.69, 9.17) is 4.98 Å². The average Bonchev–Trinajstić information content (AvgIpc) is 2.90. The molecule has 0 aliphatic carbocycles. The van der Waals surface area contributed by atoms with Gasteiger partial charge in [-0.3, -0.25) is 4.98 Å². The summed E-state index contributed by atoms with van der Waals surface area (Å²) in [4.78, 5) is 4.72. The van der Waals surface area contributed by atoms with Gasteiger partial charge < -0.3 is 5.32 Å². The molecular formula is C16H17BrN4. The van der Waals surface area contributed by atoms with Gasteiger partial charge in [-0.05, 0) is 28.1 Å². The van der Waals surface area contributed by atoms with Crippen molar-refractivity contribution >= 4 is 26.8 Å². The molecule has 0 saturated heterocycles. The van der Waals surface area contributed by atoms with E-state index in [1.807, 2.05) is 29.1 Å². The predicted molar refractivity (Wildman–Crippen MR) is 88.5 cm³/mol. The van der Waals surface area contributed by atoms with Gasteiger partial charge in [0.05, 0.1) is 27.6 Å². The van der Waals surface area contributed by atoms with Gasteiger partial charge in [0.1, 0.15) is 0 Å². The lowest BCUT2D eigenvalue weighted by molar-refractivity contribution is 0.582. The molecule has 0 saturated carbocycles. The van der Waals surface area contributed by atoms with Crippen LogP contribution in [0.4, 0.5) is 0 Å². The first-order valence-electron chi connectivity index (χ1n) is 6.96. The maximum atomic E-state index is 4.72. The lowest BCUT2D eigenvalue weighted by Crippen LogP contribution is -2.22. The Kier molecular flexibility index (Phi) is 4.03. The highest BCUT2D eigenvalue weighted by molar-refractivity contribution is 9.10. The van der Waals surface area contributed by atoms with Crippen LogP contribution in [0.15, 0.2) is 47.2 Å². The fourth-order valence-electron chi connectivity index (χ4n) is 2.23. The summed E-state index contributed by atoms with van der Waals surface area (Å²) in [7, 11) is 0. The Morgan fingerprint density at radius 3 is 2.81 bits per heavy atom. The van der Waals surface area contributed by atoms with E-state index in [-0.39, 0.29) is 0 Å². The smallest absolute Gasteiger partial charge is 0.0758 e. The van der Waals surface area contributed by atoms with Crippen molar-refractivity contribution in [1.29, 1.82) is 0 Å². The average molecular weight is 345 g/mol. The van der Waals surface area contributed by atoms with E-state index in [2.05, 4.69) is 52.3 Å². The molecule has 4 nitrogen and oxygen atoms in total. The number of rotatable bonds is 4. The van der Waals surface area contributed by atoms with Crippen LogP contribution in [0.25, 0.3) is 16.6 Å². The zero-order chi connectivity index (χ0) is 14.8. The Bertz CT molecular complexity index is 764. The highest BCUT2D eigenvalue weighted by Gasteiger charge is 2.09. The van der Waals surface area contributed by atoms with Crippen LogP contribution in [0, 0.1) is 0 Å². The van der Waals surface area contributed by atoms with Gasteiger partial charge >= 0.3 is 0 Å². The fourth-order valence-corrected chi connectivity index (χ4v) is 2.52. The second kappa shape index (κ2) is 5.95. The summed E-state index contributed by atoms with van der Waals surface area (Å²) in [6, 6.07) is 10.7. The molecule has 0 aliphatic rings. The minimum absolute atomic E-state index is 0.431. The minimum atomic E-state index is 0.431. The summed E-state index contributed by atoms with van der Waals surface area (Å²) in [5.41, 5.74) is 3.05. The van der Waals surface area contributed by atoms with Gasteiger partial charge in [0.2, 0.25) is 0 Å². The fraction of sp³-hybridized carbons (Fsp3) is 0.250. The van der Waals surface area contributed by atoms with E-state index in [0.29, 0.717) is 6.04 Å². The van der Waals surface area contributed by atoms with Crippen molar-refractivity contribution in [3.05, 3.63) is 52.9 Å². The zero-order valence-corrected chi connectivity index (χ0v) is 13.6. The van der Waals surface area contributed by atoms with Crippen molar-refractivity contribution in [1.82, 2.24) is 20.1 Å². The van der Waals surface area contributed by atoms with Gasteiger partial charge in [0, 0.05) is 24.2 Å². The number of fused-ring (bicyclic) bond motifs is 1. The maximum Gasteiger partial charge on any atom is 0.0758 e. The number of aromatic nitrogens is 3. The first-order chi connectivity index (χ1) is 10.1. The molecule has 108 valence electrons. The van der Waals surface area contributed by atoms with Crippen LogP contribution >= 0.6 is 15.9 Å². The number of hydrogen-bond donors (Lipinski definition) is 1. The summed E-state index contributed by atoms with van der Waals surface area (Å²) < 4.78 is 2.85. The standard InChI is InChI=1S/C16H17BrN4/c1-11(2)18-9-13-7-16(21-10-12(17)8-19-21)14-5-3-4-6-15(14)20-13/h3-8,10-11,18H,9H2,1-2H3. The van der Waals surface area contributed by atoms with Gasteiger partial charge in [-0.1, -0.05) is 32.0 Å². The Morgan fingerprint density at radius 2 is 2.10 bits per heavy atom. The number of benzene rings is 1. The molecule has 0 radical (unpaired) electrons. The van der Waals surface area contributed by atoms with Crippen LogP contribution in [0.5, 0.6) is 0 Å². The van der Waals surface area contributed by atoms with Crippen molar-refractivity contribution in [2.45, 2.75) is 26.4 Å². The summed E-state index contributed by atoms with van der Waals surface area (Å²) in [6.45, 7) is 5.01. The molecule has 0 atom stereocenters. The Labute approximate surface area is 132 Å². The molecular weight excluding hydrogens is 328 g/mol. The van der Waals surface area contributed by atoms with Gasteiger partial charge in [0.15, 0.2) is 0 Å². The number of para-hydroxylation sites is 1. The van der Waals surface area contributed by atoms with Crippen molar-refractivity contribution in [2.75, 3.05) is 0 Å². The topological polar surface area (TPSA) is 42.7 Å². The molecule has 3 aromatic rings. The van der Waals surface area contributed by atoms with Crippen LogP contribution in [0.3, 0.4) is 0 Å². The highest BCUT2D eigenvalue weighted by Crippen LogP contribution is 2.23. The van der Waals surface area contributed by atoms with Crippen molar-refractivity contribution in [3.63, 3.8) is 0 Å². The third kappa shape index (κ3) is 3.14. The van der Waals surface area contributed by atoms with E-state index in [1.54, 1.807) is 6.20 Å². The number of hydrogen-bond acceptors (Lipinski definition) is 3. The predicted octanol–water partition coefficient (Wildman–Crippen LogP) is 3.68. The van der Waals surface area contributed by atoms with Gasteiger partial charge in [-0.15, -0.1) is 0 Å². The molecule has 0 unspecified atom stereocenters. The largest absolute Gasteiger partial charge is 0.309 e. The van der Waals surface area contributed by atoms with Gasteiger partial charge in [-0.25, -0.2) is 4.68 Å². The van der Waals surface area contributed by atoms with Crippen LogP contribution < -0.4 is 5.32 Å². The molecule has 1 aromatic carbocycles. The van der Waals surface area contributed by atoms with E-state index < -0.39 is 0 Å². The third-order valence-electron chi connectivity index (χ3n) is 3.24. The highest BCUT2D eigenvalue weighted by atomic mass is 79.9. The van der Waals surface area contributed by atoms with Crippen LogP contribution in [-0.2, 0) is 6.54 Å². The zero-order valence-electron chi connectivity index (χ0n) is 12.0. The van der Waals surface area contributed by atoms with Crippen molar-refractivity contribution < 1.29 is 0 Å². The van der Waals surface area contributed by atoms with E-state index in [1.165, 1.54) is 0 Å². The SMILES string of the molecule is CC(C)NCc1cc(-n2cc(Br)cn2)c2ccccc2n1. The number of nitrogens with zero attached hydrogens (tertiary/aromatic N) is 3. The van der Waals surface area contributed by atoms with Crippen molar-refractivity contribution in [2.24, 2.45) is 0 Å². The molecule has 1 N–H and O–H groups in total. The third-order valence-corrected chi connectivity index (χ3v) is 3.65. The number of nitrogens with one attached hydrogen (secondary N) is 1. The van der Waals surface area contributed by atoms with Gasteiger partial charge in [-0.2, -0.15) is 5.10 Å². The first kappa shape index (κ1) is 14.2. The molecule has 0 bridgehead atoms. The first-order valence-corrected chi connectivity index (χ1v) is 7.75. The molecule has 0 amide bonds. The van der Waals surface area contributed by atoms with E-state index in [0.717, 1.165) is 33.3 Å². The number of halogens is 1. The van der Waals surface area contributed by atoms with E-state index >= 15 is 0 Å². The maximum absolute atomic E-state index is 4.72. The lowest BCUT2D eigenvalue weighted by Gasteiger charge is -2.12. The van der Waals surface area contributed by atoms with Crippen LogP contribution in [0.1, 0.15) is 19.5 Å². The summed E-state index contributed by atoms with van der Waals surface area (Å²) in [6.07, 6.45) is 3.75. The monoisotopic (exact) mass is 344 g/mol. The Morgan fingerprint density at radius 1 is 1.29 bits per heavy atom. The number of pyridine rings is 1. The lowest BCUT2D eigenvalue weighted by atomic mass is 10.1. The summed E-state index contributed by atoms with van der Waals surface area (Å²) in [5.74, 6) is 0. The van der Waals surface area contributed by atoms with Crippen LogP contribution in [-0.4, -0.2) is 20.8 Å². The molecule has 0 spiro atoms. The molecule has 3 rings (SSSR count). The molecule has 0 aliphatic heterocycles. The molecule has 5 heteroatoms. The molecule has 0 fully saturated rings.